The quantitative estimate of drug-likeness (QED) is 0.241. The molecule has 0 fully saturated rings. The summed E-state index contributed by atoms with van der Waals surface area (Å²) in [6.45, 7) is 0. The molecule has 0 atom stereocenters. The number of hydrogen-bond donors (Lipinski definition) is 2. The summed E-state index contributed by atoms with van der Waals surface area (Å²) in [5.41, 5.74) is 2.26. The van der Waals surface area contributed by atoms with E-state index in [-0.39, 0.29) is 10.8 Å². The molecule has 0 aliphatic heterocycles. The third kappa shape index (κ3) is 4.17. The van der Waals surface area contributed by atoms with E-state index in [1.54, 1.807) is 36.4 Å². The topological polar surface area (TPSA) is 91.9 Å². The lowest BCUT2D eigenvalue weighted by Crippen LogP contribution is -2.16. The Morgan fingerprint density at radius 3 is 2.47 bits per heavy atom. The van der Waals surface area contributed by atoms with Gasteiger partial charge >= 0.3 is 0 Å². The Hall–Kier alpha value is -3.29. The molecule has 0 saturated carbocycles. The number of rotatable bonds is 6. The first-order valence-electron chi connectivity index (χ1n) is 9.02. The third-order valence-electron chi connectivity index (χ3n) is 4.54. The Morgan fingerprint density at radius 1 is 1.00 bits per heavy atom. The Morgan fingerprint density at radius 2 is 1.73 bits per heavy atom. The van der Waals surface area contributed by atoms with Crippen LogP contribution in [0.2, 0.25) is 5.02 Å². The van der Waals surface area contributed by atoms with Crippen molar-refractivity contribution in [3.63, 3.8) is 0 Å². The van der Waals surface area contributed by atoms with Gasteiger partial charge in [-0.2, -0.15) is 8.42 Å². The maximum absolute atomic E-state index is 13.0. The molecule has 4 aromatic rings. The summed E-state index contributed by atoms with van der Waals surface area (Å²) in [4.78, 5) is 0. The molecule has 0 saturated heterocycles. The molecular weight excluding hydrogens is 424 g/mol. The average Bonchev–Trinajstić information content (AvgIpc) is 3.18. The molecular formula is C22H17ClN2O4S. The molecule has 1 heterocycles. The number of para-hydroxylation sites is 1. The predicted octanol–water partition coefficient (Wildman–Crippen LogP) is 5.31. The van der Waals surface area contributed by atoms with Crippen LogP contribution in [0.3, 0.4) is 0 Å². The highest BCUT2D eigenvalue weighted by Gasteiger charge is 2.22. The fraction of sp³-hybridized carbons (Fsp3) is 0.0455. The maximum atomic E-state index is 13.0. The summed E-state index contributed by atoms with van der Waals surface area (Å²) >= 11 is 6.10. The zero-order valence-corrected chi connectivity index (χ0v) is 17.2. The molecule has 0 spiro atoms. The smallest absolute Gasteiger partial charge is 0.295 e. The van der Waals surface area contributed by atoms with Gasteiger partial charge in [-0.05, 0) is 29.8 Å². The first kappa shape index (κ1) is 20.0. The van der Waals surface area contributed by atoms with Crippen molar-refractivity contribution in [3.8, 4) is 0 Å². The van der Waals surface area contributed by atoms with Crippen LogP contribution in [0.1, 0.15) is 11.1 Å². The Labute approximate surface area is 178 Å². The summed E-state index contributed by atoms with van der Waals surface area (Å²) in [6.07, 6.45) is 0.304. The van der Waals surface area contributed by atoms with E-state index >= 15 is 0 Å². The van der Waals surface area contributed by atoms with Crippen molar-refractivity contribution in [1.82, 2.24) is 0 Å². The number of halogens is 1. The highest BCUT2D eigenvalue weighted by atomic mass is 35.5. The van der Waals surface area contributed by atoms with Crippen LogP contribution < -0.4 is 4.72 Å². The highest BCUT2D eigenvalue weighted by Crippen LogP contribution is 2.28. The fourth-order valence-electron chi connectivity index (χ4n) is 3.11. The van der Waals surface area contributed by atoms with Gasteiger partial charge in [-0.25, -0.2) is 0 Å². The molecule has 0 aliphatic rings. The number of fused-ring (bicyclic) bond motifs is 1. The SMILES string of the molecule is O=S(=O)(Nc1cc(Cl)ccc1/C(Cc1ccccc1)=N\O)c1cc2ccccc2o1. The molecule has 0 amide bonds. The number of nitrogens with zero attached hydrogens (tertiary/aromatic N) is 1. The zero-order valence-electron chi connectivity index (χ0n) is 15.6. The molecule has 0 unspecified atom stereocenters. The molecule has 152 valence electrons. The second kappa shape index (κ2) is 8.22. The fourth-order valence-corrected chi connectivity index (χ4v) is 4.32. The molecule has 2 N–H and O–H groups in total. The minimum absolute atomic E-state index is 0.187. The van der Waals surface area contributed by atoms with E-state index in [1.165, 1.54) is 12.1 Å². The molecule has 0 aliphatic carbocycles. The maximum Gasteiger partial charge on any atom is 0.295 e. The van der Waals surface area contributed by atoms with Gasteiger partial charge in [0, 0.05) is 28.5 Å². The van der Waals surface area contributed by atoms with Gasteiger partial charge < -0.3 is 9.62 Å². The van der Waals surface area contributed by atoms with Crippen molar-refractivity contribution in [2.75, 3.05) is 4.72 Å². The van der Waals surface area contributed by atoms with Gasteiger partial charge in [-0.15, -0.1) is 0 Å². The van der Waals surface area contributed by atoms with Gasteiger partial charge in [0.15, 0.2) is 0 Å². The number of anilines is 1. The number of nitrogens with one attached hydrogen (secondary N) is 1. The number of oxime groups is 1. The van der Waals surface area contributed by atoms with Crippen LogP contribution in [-0.2, 0) is 16.4 Å². The normalized spacial score (nSPS) is 12.2. The van der Waals surface area contributed by atoms with Gasteiger partial charge in [-0.3, -0.25) is 4.72 Å². The molecule has 3 aromatic carbocycles. The van der Waals surface area contributed by atoms with Gasteiger partial charge in [0.25, 0.3) is 10.0 Å². The van der Waals surface area contributed by atoms with E-state index in [4.69, 9.17) is 16.0 Å². The molecule has 0 bridgehead atoms. The van der Waals surface area contributed by atoms with Crippen LogP contribution in [0.15, 0.2) is 93.5 Å². The van der Waals surface area contributed by atoms with E-state index in [0.717, 1.165) is 5.56 Å². The Balaban J connectivity index is 1.71. The largest absolute Gasteiger partial charge is 0.443 e. The number of benzene rings is 3. The van der Waals surface area contributed by atoms with Crippen molar-refractivity contribution < 1.29 is 18.0 Å². The van der Waals surface area contributed by atoms with Gasteiger partial charge in [0.2, 0.25) is 5.09 Å². The van der Waals surface area contributed by atoms with Crippen molar-refractivity contribution in [3.05, 3.63) is 95.0 Å². The van der Waals surface area contributed by atoms with Gasteiger partial charge in [0.1, 0.15) is 5.58 Å². The van der Waals surface area contributed by atoms with Crippen molar-refractivity contribution in [2.45, 2.75) is 11.5 Å². The second-order valence-electron chi connectivity index (χ2n) is 6.61. The van der Waals surface area contributed by atoms with Crippen LogP contribution in [0.25, 0.3) is 11.0 Å². The number of furan rings is 1. The summed E-state index contributed by atoms with van der Waals surface area (Å²) in [5, 5.41) is 13.8. The van der Waals surface area contributed by atoms with Crippen molar-refractivity contribution in [2.24, 2.45) is 5.16 Å². The summed E-state index contributed by atoms with van der Waals surface area (Å²) in [6, 6.07) is 22.5. The van der Waals surface area contributed by atoms with Gasteiger partial charge in [-0.1, -0.05) is 65.3 Å². The molecule has 8 heteroatoms. The molecule has 4 rings (SSSR count). The zero-order chi connectivity index (χ0) is 21.1. The predicted molar refractivity (Wildman–Crippen MR) is 117 cm³/mol. The summed E-state index contributed by atoms with van der Waals surface area (Å²) in [5.74, 6) is 0. The Bertz CT molecular complexity index is 1300. The Kier molecular flexibility index (Phi) is 5.48. The lowest BCUT2D eigenvalue weighted by molar-refractivity contribution is 0.318. The van der Waals surface area contributed by atoms with E-state index in [0.29, 0.717) is 33.7 Å². The molecule has 0 radical (unpaired) electrons. The average molecular weight is 441 g/mol. The highest BCUT2D eigenvalue weighted by molar-refractivity contribution is 7.92. The van der Waals surface area contributed by atoms with Crippen molar-refractivity contribution >= 4 is 44.0 Å². The minimum atomic E-state index is -4.04. The van der Waals surface area contributed by atoms with Crippen LogP contribution >= 0.6 is 11.6 Å². The lowest BCUT2D eigenvalue weighted by Gasteiger charge is -2.13. The van der Waals surface area contributed by atoms with E-state index < -0.39 is 10.0 Å². The first-order chi connectivity index (χ1) is 14.5. The van der Waals surface area contributed by atoms with Gasteiger partial charge in [0.05, 0.1) is 11.4 Å². The lowest BCUT2D eigenvalue weighted by atomic mass is 10.0. The summed E-state index contributed by atoms with van der Waals surface area (Å²) in [7, 11) is -4.04. The molecule has 1 aromatic heterocycles. The number of hydrogen-bond acceptors (Lipinski definition) is 5. The van der Waals surface area contributed by atoms with E-state index in [1.807, 2.05) is 30.3 Å². The molecule has 30 heavy (non-hydrogen) atoms. The van der Waals surface area contributed by atoms with Crippen LogP contribution in [-0.4, -0.2) is 19.3 Å². The van der Waals surface area contributed by atoms with E-state index in [9.17, 15) is 13.6 Å². The van der Waals surface area contributed by atoms with Crippen LogP contribution in [0.5, 0.6) is 0 Å². The van der Waals surface area contributed by atoms with Crippen molar-refractivity contribution in [1.29, 1.82) is 0 Å². The minimum Gasteiger partial charge on any atom is -0.443 e. The van der Waals surface area contributed by atoms with Crippen LogP contribution in [0.4, 0.5) is 5.69 Å². The molecule has 6 nitrogen and oxygen atoms in total. The number of sulfonamides is 1. The van der Waals surface area contributed by atoms with Crippen LogP contribution in [0, 0.1) is 0 Å². The monoisotopic (exact) mass is 440 g/mol. The third-order valence-corrected chi connectivity index (χ3v) is 5.99. The standard InChI is InChI=1S/C22H17ClN2O4S/c23-17-10-11-18(19(24-26)12-15-6-2-1-3-7-15)20(14-17)25-30(27,28)22-13-16-8-4-5-9-21(16)29-22/h1-11,13-14,25-26H,12H2/b24-19-. The summed E-state index contributed by atoms with van der Waals surface area (Å²) < 4.78 is 33.9. The van der Waals surface area contributed by atoms with E-state index in [2.05, 4.69) is 9.88 Å². The second-order valence-corrected chi connectivity index (χ2v) is 8.66. The first-order valence-corrected chi connectivity index (χ1v) is 10.9.